The lowest BCUT2D eigenvalue weighted by Crippen LogP contribution is -2.43. The number of rotatable bonds is 20. The first-order chi connectivity index (χ1) is 23.0. The Balaban J connectivity index is 0.000000487. The molecular formula is C32H48Cl2N6O8. The Kier molecular flexibility index (Phi) is 21.2. The molecule has 14 nitrogen and oxygen atoms in total. The summed E-state index contributed by atoms with van der Waals surface area (Å²) in [5.41, 5.74) is 2.96. The quantitative estimate of drug-likeness (QED) is 0.0919. The minimum atomic E-state index is -1.30. The Bertz CT molecular complexity index is 1230. The van der Waals surface area contributed by atoms with Crippen molar-refractivity contribution in [1.29, 1.82) is 0 Å². The van der Waals surface area contributed by atoms with Crippen molar-refractivity contribution in [3.8, 4) is 0 Å². The van der Waals surface area contributed by atoms with Crippen molar-refractivity contribution in [3.05, 3.63) is 48.5 Å². The van der Waals surface area contributed by atoms with Gasteiger partial charge in [-0.1, -0.05) is 13.3 Å². The summed E-state index contributed by atoms with van der Waals surface area (Å²) in [5.74, 6) is -1.53. The second-order valence-electron chi connectivity index (χ2n) is 10.6. The molecule has 0 radical (unpaired) electrons. The Morgan fingerprint density at radius 3 is 1.52 bits per heavy atom. The molecule has 0 aliphatic carbocycles. The fourth-order valence-corrected chi connectivity index (χ4v) is 4.85. The highest BCUT2D eigenvalue weighted by atomic mass is 35.5. The standard InChI is InChI=1S/C16H21Cl2N3O5.C16H27N3O3/c17-7-9-21(10-8-18)12-3-1-11(2-4-12)19-16(26)20-13(15(24)25)5-6-14(22)23;1-3-4-13(2)17-16(22)18-14-5-7-15(8-6-14)19(9-11-20)10-12-21/h1-4,13H,5-10H2,(H,22,23)(H,24,25)(H2,19,20,26);5-8,13,20-21H,3-4,9-12H2,1-2H3,(H2,17,18,22). The highest BCUT2D eigenvalue weighted by Gasteiger charge is 2.21. The normalized spacial score (nSPS) is 11.6. The van der Waals surface area contributed by atoms with Gasteiger partial charge < -0.3 is 51.5 Å². The van der Waals surface area contributed by atoms with Crippen LogP contribution in [0, 0.1) is 0 Å². The molecule has 268 valence electrons. The number of nitrogens with zero attached hydrogens (tertiary/aromatic N) is 2. The SMILES string of the molecule is CCCC(C)NC(=O)Nc1ccc(N(CCO)CCO)cc1.O=C(O)CCC(NC(=O)Nc1ccc(N(CCCl)CCCl)cc1)C(=O)O. The maximum absolute atomic E-state index is 11.9. The molecule has 2 aromatic rings. The summed E-state index contributed by atoms with van der Waals surface area (Å²) in [4.78, 5) is 49.2. The van der Waals surface area contributed by atoms with Gasteiger partial charge in [0.1, 0.15) is 6.04 Å². The number of aliphatic hydroxyl groups excluding tert-OH is 2. The monoisotopic (exact) mass is 714 g/mol. The van der Waals surface area contributed by atoms with Crippen LogP contribution in [-0.2, 0) is 9.59 Å². The van der Waals surface area contributed by atoms with Crippen molar-refractivity contribution in [2.45, 2.75) is 51.6 Å². The number of alkyl halides is 2. The van der Waals surface area contributed by atoms with Crippen LogP contribution >= 0.6 is 23.2 Å². The van der Waals surface area contributed by atoms with Gasteiger partial charge in [-0.3, -0.25) is 4.79 Å². The van der Waals surface area contributed by atoms with Crippen LogP contribution in [-0.4, -0.2) is 108 Å². The molecule has 0 saturated carbocycles. The van der Waals surface area contributed by atoms with Crippen LogP contribution in [0.1, 0.15) is 39.5 Å². The second kappa shape index (κ2) is 24.2. The summed E-state index contributed by atoms with van der Waals surface area (Å²) < 4.78 is 0. The van der Waals surface area contributed by atoms with Crippen LogP contribution in [0.25, 0.3) is 0 Å². The third kappa shape index (κ3) is 17.3. The predicted octanol–water partition coefficient (Wildman–Crippen LogP) is 4.20. The molecule has 0 aliphatic heterocycles. The zero-order chi connectivity index (χ0) is 35.9. The van der Waals surface area contributed by atoms with Crippen LogP contribution in [0.3, 0.4) is 0 Å². The number of aliphatic carboxylic acids is 2. The first-order valence-corrected chi connectivity index (χ1v) is 16.7. The minimum absolute atomic E-state index is 0.0255. The van der Waals surface area contributed by atoms with Crippen molar-refractivity contribution in [1.82, 2.24) is 10.6 Å². The van der Waals surface area contributed by atoms with Crippen molar-refractivity contribution in [2.24, 2.45) is 0 Å². The molecule has 4 amide bonds. The van der Waals surface area contributed by atoms with Crippen molar-refractivity contribution in [2.75, 3.05) is 71.6 Å². The van der Waals surface area contributed by atoms with E-state index in [4.69, 9.17) is 43.6 Å². The van der Waals surface area contributed by atoms with Gasteiger partial charge in [-0.25, -0.2) is 14.4 Å². The van der Waals surface area contributed by atoms with Gasteiger partial charge in [-0.15, -0.1) is 23.2 Å². The van der Waals surface area contributed by atoms with E-state index in [0.29, 0.717) is 49.3 Å². The number of hydrogen-bond donors (Lipinski definition) is 8. The molecular weight excluding hydrogens is 667 g/mol. The number of anilines is 4. The molecule has 0 spiro atoms. The molecule has 0 aliphatic rings. The minimum Gasteiger partial charge on any atom is -0.481 e. The molecule has 2 rings (SSSR count). The molecule has 16 heteroatoms. The average Bonchev–Trinajstić information content (AvgIpc) is 3.04. The van der Waals surface area contributed by atoms with Gasteiger partial charge in [0.2, 0.25) is 0 Å². The largest absolute Gasteiger partial charge is 0.481 e. The molecule has 0 bridgehead atoms. The average molecular weight is 716 g/mol. The lowest BCUT2D eigenvalue weighted by atomic mass is 10.1. The fourth-order valence-electron chi connectivity index (χ4n) is 4.44. The van der Waals surface area contributed by atoms with Gasteiger partial charge in [0.15, 0.2) is 0 Å². The van der Waals surface area contributed by atoms with E-state index in [2.05, 4.69) is 28.2 Å². The van der Waals surface area contributed by atoms with Crippen LogP contribution in [0.5, 0.6) is 0 Å². The van der Waals surface area contributed by atoms with Gasteiger partial charge in [-0.2, -0.15) is 0 Å². The van der Waals surface area contributed by atoms with Gasteiger partial charge in [0, 0.05) is 73.2 Å². The summed E-state index contributed by atoms with van der Waals surface area (Å²) in [7, 11) is 0. The Hall–Kier alpha value is -3.98. The first-order valence-electron chi connectivity index (χ1n) is 15.6. The number of urea groups is 2. The van der Waals surface area contributed by atoms with Gasteiger partial charge in [0.05, 0.1) is 13.2 Å². The molecule has 0 heterocycles. The Morgan fingerprint density at radius 1 is 0.708 bits per heavy atom. The summed E-state index contributed by atoms with van der Waals surface area (Å²) in [6.07, 6.45) is 1.41. The van der Waals surface area contributed by atoms with Crippen LogP contribution in [0.4, 0.5) is 32.3 Å². The van der Waals surface area contributed by atoms with E-state index in [9.17, 15) is 19.2 Å². The summed E-state index contributed by atoms with van der Waals surface area (Å²) in [5, 5.41) is 46.2. The lowest BCUT2D eigenvalue weighted by Gasteiger charge is -2.23. The number of hydrogen-bond acceptors (Lipinski definition) is 8. The maximum atomic E-state index is 11.9. The number of aliphatic hydroxyl groups is 2. The first kappa shape index (κ1) is 42.0. The molecule has 2 aromatic carbocycles. The number of carbonyl (C=O) groups excluding carboxylic acids is 2. The van der Waals surface area contributed by atoms with E-state index in [1.165, 1.54) is 0 Å². The summed E-state index contributed by atoms with van der Waals surface area (Å²) >= 11 is 11.5. The van der Waals surface area contributed by atoms with Crippen molar-refractivity contribution >= 4 is 70.0 Å². The molecule has 0 aromatic heterocycles. The number of halogens is 2. The van der Waals surface area contributed by atoms with Crippen LogP contribution in [0.2, 0.25) is 0 Å². The van der Waals surface area contributed by atoms with E-state index >= 15 is 0 Å². The second-order valence-corrected chi connectivity index (χ2v) is 11.4. The molecule has 0 fully saturated rings. The molecule has 8 N–H and O–H groups in total. The number of carboxylic acids is 2. The lowest BCUT2D eigenvalue weighted by molar-refractivity contribution is -0.140. The zero-order valence-electron chi connectivity index (χ0n) is 27.3. The number of carboxylic acid groups (broad SMARTS) is 2. The van der Waals surface area contributed by atoms with Gasteiger partial charge in [0.25, 0.3) is 0 Å². The highest BCUT2D eigenvalue weighted by Crippen LogP contribution is 2.19. The van der Waals surface area contributed by atoms with E-state index in [1.54, 1.807) is 36.4 Å². The third-order valence-corrected chi connectivity index (χ3v) is 7.12. The predicted molar refractivity (Wildman–Crippen MR) is 190 cm³/mol. The maximum Gasteiger partial charge on any atom is 0.326 e. The van der Waals surface area contributed by atoms with Crippen LogP contribution < -0.4 is 31.1 Å². The fraction of sp³-hybridized carbons (Fsp3) is 0.500. The Morgan fingerprint density at radius 2 is 1.15 bits per heavy atom. The van der Waals surface area contributed by atoms with E-state index in [1.807, 2.05) is 28.9 Å². The highest BCUT2D eigenvalue weighted by molar-refractivity contribution is 6.18. The van der Waals surface area contributed by atoms with Crippen molar-refractivity contribution in [3.63, 3.8) is 0 Å². The number of nitrogens with one attached hydrogen (secondary N) is 4. The number of amides is 4. The van der Waals surface area contributed by atoms with Gasteiger partial charge in [-0.05, 0) is 68.3 Å². The Labute approximate surface area is 291 Å². The van der Waals surface area contributed by atoms with Crippen LogP contribution in [0.15, 0.2) is 48.5 Å². The summed E-state index contributed by atoms with van der Waals surface area (Å²) in [6, 6.07) is 12.2. The number of benzene rings is 2. The third-order valence-electron chi connectivity index (χ3n) is 6.78. The molecule has 0 saturated heterocycles. The topological polar surface area (TPSA) is 204 Å². The number of carbonyl (C=O) groups is 4. The smallest absolute Gasteiger partial charge is 0.326 e. The molecule has 48 heavy (non-hydrogen) atoms. The zero-order valence-corrected chi connectivity index (χ0v) is 28.8. The van der Waals surface area contributed by atoms with E-state index in [-0.39, 0.29) is 38.1 Å². The molecule has 2 unspecified atom stereocenters. The van der Waals surface area contributed by atoms with Gasteiger partial charge >= 0.3 is 24.0 Å². The van der Waals surface area contributed by atoms with E-state index in [0.717, 1.165) is 24.2 Å². The van der Waals surface area contributed by atoms with E-state index < -0.39 is 24.0 Å². The van der Waals surface area contributed by atoms with Crippen molar-refractivity contribution < 1.29 is 39.6 Å². The molecule has 2 atom stereocenters. The summed E-state index contributed by atoms with van der Waals surface area (Å²) in [6.45, 7) is 6.30.